The van der Waals surface area contributed by atoms with E-state index in [0.717, 1.165) is 8.79 Å². The number of nitrogens with zero attached hydrogens (tertiary/aromatic N) is 3. The van der Waals surface area contributed by atoms with Crippen LogP contribution in [0.3, 0.4) is 0 Å². The predicted octanol–water partition coefficient (Wildman–Crippen LogP) is 3.95. The zero-order chi connectivity index (χ0) is 16.3. The number of hydrogen-bond donors (Lipinski definition) is 1. The number of thiazole rings is 1. The molecule has 0 spiro atoms. The number of carbonyl (C=O) groups is 1. The Hall–Kier alpha value is -1.54. The third kappa shape index (κ3) is 4.48. The highest BCUT2D eigenvalue weighted by molar-refractivity contribution is 9.11. The largest absolute Gasteiger partial charge is 0.444 e. The molecule has 0 radical (unpaired) electrons. The highest BCUT2D eigenvalue weighted by Crippen LogP contribution is 2.30. The van der Waals surface area contributed by atoms with Crippen molar-refractivity contribution in [1.82, 2.24) is 20.3 Å². The van der Waals surface area contributed by atoms with Gasteiger partial charge in [0.15, 0.2) is 0 Å². The van der Waals surface area contributed by atoms with E-state index < -0.39 is 11.7 Å². The molecule has 0 fully saturated rings. The van der Waals surface area contributed by atoms with Crippen molar-refractivity contribution in [2.24, 2.45) is 0 Å². The molecular weight excluding hydrogens is 368 g/mol. The fourth-order valence-corrected chi connectivity index (χ4v) is 2.96. The monoisotopic (exact) mass is 384 g/mol. The molecule has 2 aromatic rings. The van der Waals surface area contributed by atoms with Crippen LogP contribution < -0.4 is 5.32 Å². The molecule has 1 amide bonds. The highest BCUT2D eigenvalue weighted by atomic mass is 79.9. The third-order valence-corrected chi connectivity index (χ3v) is 4.03. The first-order valence-electron chi connectivity index (χ1n) is 6.68. The average molecular weight is 385 g/mol. The van der Waals surface area contributed by atoms with Crippen LogP contribution in [0.15, 0.2) is 22.4 Å². The van der Waals surface area contributed by atoms with E-state index in [9.17, 15) is 4.79 Å². The molecular formula is C14H17BrN4O2S. The number of nitrogens with one attached hydrogen (secondary N) is 1. The number of amides is 1. The van der Waals surface area contributed by atoms with Crippen LogP contribution in [-0.2, 0) is 4.74 Å². The van der Waals surface area contributed by atoms with Gasteiger partial charge in [-0.2, -0.15) is 0 Å². The normalized spacial score (nSPS) is 12.8. The number of carbonyl (C=O) groups excluding carboxylic acids is 1. The van der Waals surface area contributed by atoms with Gasteiger partial charge in [-0.3, -0.25) is 9.97 Å². The topological polar surface area (TPSA) is 77.0 Å². The van der Waals surface area contributed by atoms with Crippen molar-refractivity contribution in [3.8, 4) is 10.7 Å². The summed E-state index contributed by atoms with van der Waals surface area (Å²) in [5.41, 5.74) is 0.756. The number of hydrogen-bond acceptors (Lipinski definition) is 6. The van der Waals surface area contributed by atoms with Gasteiger partial charge in [0.1, 0.15) is 16.3 Å². The maximum absolute atomic E-state index is 11.9. The Morgan fingerprint density at radius 2 is 2.00 bits per heavy atom. The molecule has 0 aliphatic carbocycles. The van der Waals surface area contributed by atoms with Crippen LogP contribution in [-0.4, -0.2) is 26.6 Å². The van der Waals surface area contributed by atoms with Gasteiger partial charge in [0.05, 0.1) is 21.7 Å². The lowest BCUT2D eigenvalue weighted by molar-refractivity contribution is 0.0507. The van der Waals surface area contributed by atoms with Gasteiger partial charge in [0, 0.05) is 12.4 Å². The van der Waals surface area contributed by atoms with E-state index in [1.54, 1.807) is 18.6 Å². The minimum Gasteiger partial charge on any atom is -0.444 e. The first-order chi connectivity index (χ1) is 10.3. The number of ether oxygens (including phenoxy) is 1. The molecule has 118 valence electrons. The van der Waals surface area contributed by atoms with Crippen LogP contribution in [0.4, 0.5) is 4.79 Å². The Bertz CT molecular complexity index is 669. The third-order valence-electron chi connectivity index (χ3n) is 2.55. The maximum atomic E-state index is 11.9. The Kier molecular flexibility index (Phi) is 5.12. The van der Waals surface area contributed by atoms with Crippen molar-refractivity contribution in [3.05, 3.63) is 28.1 Å². The van der Waals surface area contributed by atoms with Crippen molar-refractivity contribution in [2.75, 3.05) is 0 Å². The molecule has 22 heavy (non-hydrogen) atoms. The molecule has 2 aromatic heterocycles. The maximum Gasteiger partial charge on any atom is 0.408 e. The van der Waals surface area contributed by atoms with Crippen LogP contribution in [0.1, 0.15) is 39.4 Å². The Labute approximate surface area is 141 Å². The van der Waals surface area contributed by atoms with Crippen molar-refractivity contribution < 1.29 is 9.53 Å². The van der Waals surface area contributed by atoms with Crippen LogP contribution in [0.2, 0.25) is 0 Å². The Balaban J connectivity index is 2.20. The molecule has 0 saturated carbocycles. The molecule has 1 unspecified atom stereocenters. The fraction of sp³-hybridized carbons (Fsp3) is 0.429. The molecule has 1 N–H and O–H groups in total. The first-order valence-corrected chi connectivity index (χ1v) is 8.29. The second kappa shape index (κ2) is 6.70. The van der Waals surface area contributed by atoms with Crippen molar-refractivity contribution in [2.45, 2.75) is 39.3 Å². The van der Waals surface area contributed by atoms with E-state index in [1.165, 1.54) is 11.3 Å². The van der Waals surface area contributed by atoms with Gasteiger partial charge in [-0.25, -0.2) is 9.78 Å². The van der Waals surface area contributed by atoms with Crippen LogP contribution in [0.5, 0.6) is 0 Å². The molecule has 0 saturated heterocycles. The van der Waals surface area contributed by atoms with Gasteiger partial charge in [-0.15, -0.1) is 11.3 Å². The summed E-state index contributed by atoms with van der Waals surface area (Å²) in [6.45, 7) is 7.29. The van der Waals surface area contributed by atoms with Gasteiger partial charge >= 0.3 is 6.09 Å². The van der Waals surface area contributed by atoms with Crippen molar-refractivity contribution in [3.63, 3.8) is 0 Å². The van der Waals surface area contributed by atoms with Crippen LogP contribution >= 0.6 is 27.3 Å². The summed E-state index contributed by atoms with van der Waals surface area (Å²) in [7, 11) is 0. The lowest BCUT2D eigenvalue weighted by atomic mass is 10.2. The summed E-state index contributed by atoms with van der Waals surface area (Å²) in [5.74, 6) is 0. The molecule has 6 nitrogen and oxygen atoms in total. The van der Waals surface area contributed by atoms with E-state index in [2.05, 4.69) is 36.2 Å². The Morgan fingerprint density at radius 3 is 2.59 bits per heavy atom. The molecule has 2 rings (SSSR count). The second-order valence-corrected chi connectivity index (χ2v) is 8.04. The van der Waals surface area contributed by atoms with Gasteiger partial charge in [0.25, 0.3) is 0 Å². The van der Waals surface area contributed by atoms with Gasteiger partial charge in [-0.05, 0) is 43.6 Å². The number of halogens is 1. The Morgan fingerprint density at radius 1 is 1.32 bits per heavy atom. The molecule has 1 atom stereocenters. The average Bonchev–Trinajstić information content (AvgIpc) is 2.83. The van der Waals surface area contributed by atoms with Gasteiger partial charge in [0.2, 0.25) is 0 Å². The molecule has 0 aliphatic rings. The summed E-state index contributed by atoms with van der Waals surface area (Å²) < 4.78 is 6.17. The van der Waals surface area contributed by atoms with Crippen molar-refractivity contribution in [1.29, 1.82) is 0 Å². The molecule has 2 heterocycles. The summed E-state index contributed by atoms with van der Waals surface area (Å²) in [4.78, 5) is 24.9. The van der Waals surface area contributed by atoms with Gasteiger partial charge in [-0.1, -0.05) is 0 Å². The van der Waals surface area contributed by atoms with E-state index in [4.69, 9.17) is 4.74 Å². The zero-order valence-corrected chi connectivity index (χ0v) is 15.2. The minimum absolute atomic E-state index is 0.346. The van der Waals surface area contributed by atoms with Crippen molar-refractivity contribution >= 4 is 33.4 Å². The summed E-state index contributed by atoms with van der Waals surface area (Å²) in [6, 6.07) is -0.346. The lowest BCUT2D eigenvalue weighted by Gasteiger charge is -2.22. The number of rotatable bonds is 3. The lowest BCUT2D eigenvalue weighted by Crippen LogP contribution is -2.34. The van der Waals surface area contributed by atoms with E-state index in [1.807, 2.05) is 27.7 Å². The van der Waals surface area contributed by atoms with Crippen LogP contribution in [0, 0.1) is 0 Å². The second-order valence-electron chi connectivity index (χ2n) is 5.63. The number of alkyl carbamates (subject to hydrolysis) is 1. The minimum atomic E-state index is -0.546. The molecule has 8 heteroatoms. The smallest absolute Gasteiger partial charge is 0.408 e. The summed E-state index contributed by atoms with van der Waals surface area (Å²) >= 11 is 4.84. The van der Waals surface area contributed by atoms with E-state index in [-0.39, 0.29) is 6.04 Å². The summed E-state index contributed by atoms with van der Waals surface area (Å²) in [5, 5.41) is 3.51. The standard InChI is InChI=1S/C14H17BrN4O2S/c1-8(19-13(20)21-14(2,3)4)10-11(17-6-5-16-10)12-18-7-9(15)22-12/h5-8H,1-4H3,(H,19,20). The van der Waals surface area contributed by atoms with Crippen LogP contribution in [0.25, 0.3) is 10.7 Å². The quantitative estimate of drug-likeness (QED) is 0.866. The highest BCUT2D eigenvalue weighted by Gasteiger charge is 2.22. The zero-order valence-electron chi connectivity index (χ0n) is 12.8. The van der Waals surface area contributed by atoms with E-state index in [0.29, 0.717) is 11.4 Å². The summed E-state index contributed by atoms with van der Waals surface area (Å²) in [6.07, 6.45) is 4.42. The number of aromatic nitrogens is 3. The molecule has 0 aliphatic heterocycles. The van der Waals surface area contributed by atoms with Gasteiger partial charge < -0.3 is 10.1 Å². The van der Waals surface area contributed by atoms with E-state index >= 15 is 0 Å². The predicted molar refractivity (Wildman–Crippen MR) is 88.6 cm³/mol. The SMILES string of the molecule is CC(NC(=O)OC(C)(C)C)c1nccnc1-c1ncc(Br)s1. The first kappa shape index (κ1) is 16.8. The molecule has 0 bridgehead atoms. The fourth-order valence-electron chi connectivity index (χ4n) is 1.75. The molecule has 0 aromatic carbocycles.